The molecule has 0 saturated carbocycles. The number of rotatable bonds is 4. The van der Waals surface area contributed by atoms with Gasteiger partial charge >= 0.3 is 0 Å². The molecule has 5 nitrogen and oxygen atoms in total. The van der Waals surface area contributed by atoms with Crippen molar-refractivity contribution in [3.8, 4) is 5.75 Å². The third-order valence-electron chi connectivity index (χ3n) is 3.90. The number of hydrogen-bond donors (Lipinski definition) is 2. The molecule has 24 heavy (non-hydrogen) atoms. The van der Waals surface area contributed by atoms with Crippen LogP contribution in [0.25, 0.3) is 0 Å². The Bertz CT molecular complexity index is 787. The van der Waals surface area contributed by atoms with Gasteiger partial charge in [-0.25, -0.2) is 9.82 Å². The maximum absolute atomic E-state index is 14.0. The zero-order chi connectivity index (χ0) is 17.1. The minimum absolute atomic E-state index is 0.0663. The molecule has 1 aliphatic heterocycles. The molecule has 6 heteroatoms. The van der Waals surface area contributed by atoms with Gasteiger partial charge in [-0.15, -0.1) is 0 Å². The predicted octanol–water partition coefficient (Wildman–Crippen LogP) is 3.44. The molecule has 0 saturated heterocycles. The molecule has 1 amide bonds. The van der Waals surface area contributed by atoms with Gasteiger partial charge in [0.25, 0.3) is 0 Å². The molecular formula is C18H18FN3O2. The quantitative estimate of drug-likeness (QED) is 0.904. The summed E-state index contributed by atoms with van der Waals surface area (Å²) in [5.41, 5.74) is 5.42. The summed E-state index contributed by atoms with van der Waals surface area (Å²) in [6.45, 7) is 1.97. The number of benzene rings is 2. The van der Waals surface area contributed by atoms with Crippen molar-refractivity contribution in [2.75, 3.05) is 12.4 Å². The maximum Gasteiger partial charge on any atom is 0.240 e. The molecule has 0 spiro atoms. The SMILES string of the molecule is COc1ccc(Nc2ccc(C3=NNC(=O)C[C@H]3C)cc2)c(F)c1. The number of hydrogen-bond acceptors (Lipinski definition) is 4. The number of carbonyl (C=O) groups is 1. The van der Waals surface area contributed by atoms with E-state index >= 15 is 0 Å². The Balaban J connectivity index is 1.77. The molecule has 0 aromatic heterocycles. The first-order valence-corrected chi connectivity index (χ1v) is 7.64. The van der Waals surface area contributed by atoms with Gasteiger partial charge in [0, 0.05) is 24.1 Å². The zero-order valence-corrected chi connectivity index (χ0v) is 13.5. The minimum Gasteiger partial charge on any atom is -0.497 e. The van der Waals surface area contributed by atoms with Crippen molar-refractivity contribution in [1.82, 2.24) is 5.43 Å². The fraction of sp³-hybridized carbons (Fsp3) is 0.222. The van der Waals surface area contributed by atoms with Crippen LogP contribution < -0.4 is 15.5 Å². The smallest absolute Gasteiger partial charge is 0.240 e. The molecule has 124 valence electrons. The van der Waals surface area contributed by atoms with Gasteiger partial charge in [0.1, 0.15) is 11.6 Å². The summed E-state index contributed by atoms with van der Waals surface area (Å²) in [6, 6.07) is 12.2. The molecule has 0 unspecified atom stereocenters. The Hall–Kier alpha value is -2.89. The van der Waals surface area contributed by atoms with Crippen LogP contribution in [0.3, 0.4) is 0 Å². The lowest BCUT2D eigenvalue weighted by molar-refractivity contribution is -0.121. The van der Waals surface area contributed by atoms with E-state index in [2.05, 4.69) is 15.8 Å². The highest BCUT2D eigenvalue weighted by Gasteiger charge is 2.21. The van der Waals surface area contributed by atoms with Crippen molar-refractivity contribution in [3.63, 3.8) is 0 Å². The predicted molar refractivity (Wildman–Crippen MR) is 91.1 cm³/mol. The first kappa shape index (κ1) is 16.0. The van der Waals surface area contributed by atoms with Gasteiger partial charge < -0.3 is 10.1 Å². The molecule has 2 aromatic carbocycles. The zero-order valence-electron chi connectivity index (χ0n) is 13.5. The number of nitrogens with zero attached hydrogens (tertiary/aromatic N) is 1. The summed E-state index contributed by atoms with van der Waals surface area (Å²) in [6.07, 6.45) is 0.426. The van der Waals surface area contributed by atoms with E-state index in [0.29, 0.717) is 17.9 Å². The van der Waals surface area contributed by atoms with Crippen LogP contribution in [0.1, 0.15) is 18.9 Å². The number of halogens is 1. The molecular weight excluding hydrogens is 309 g/mol. The lowest BCUT2D eigenvalue weighted by atomic mass is 9.94. The van der Waals surface area contributed by atoms with Gasteiger partial charge in [0.2, 0.25) is 5.91 Å². The Morgan fingerprint density at radius 1 is 1.25 bits per heavy atom. The number of carbonyl (C=O) groups excluding carboxylic acids is 1. The van der Waals surface area contributed by atoms with E-state index in [0.717, 1.165) is 17.0 Å². The highest BCUT2D eigenvalue weighted by molar-refractivity contribution is 6.05. The van der Waals surface area contributed by atoms with Crippen molar-refractivity contribution in [3.05, 3.63) is 53.8 Å². The summed E-state index contributed by atoms with van der Waals surface area (Å²) < 4.78 is 19.0. The maximum atomic E-state index is 14.0. The molecule has 1 aliphatic rings. The fourth-order valence-corrected chi connectivity index (χ4v) is 2.61. The normalized spacial score (nSPS) is 17.0. The highest BCUT2D eigenvalue weighted by atomic mass is 19.1. The van der Waals surface area contributed by atoms with E-state index in [9.17, 15) is 9.18 Å². The number of amides is 1. The molecule has 1 atom stereocenters. The van der Waals surface area contributed by atoms with Gasteiger partial charge in [-0.3, -0.25) is 4.79 Å². The second-order valence-corrected chi connectivity index (χ2v) is 5.69. The van der Waals surface area contributed by atoms with Crippen LogP contribution in [-0.4, -0.2) is 18.7 Å². The monoisotopic (exact) mass is 327 g/mol. The molecule has 0 bridgehead atoms. The summed E-state index contributed by atoms with van der Waals surface area (Å²) in [7, 11) is 1.50. The molecule has 2 N–H and O–H groups in total. The van der Waals surface area contributed by atoms with Crippen molar-refractivity contribution in [1.29, 1.82) is 0 Å². The third-order valence-corrected chi connectivity index (χ3v) is 3.90. The lowest BCUT2D eigenvalue weighted by Crippen LogP contribution is -2.31. The van der Waals surface area contributed by atoms with E-state index in [1.165, 1.54) is 13.2 Å². The first-order valence-electron chi connectivity index (χ1n) is 7.64. The van der Waals surface area contributed by atoms with Crippen LogP contribution in [0.5, 0.6) is 5.75 Å². The molecule has 1 heterocycles. The van der Waals surface area contributed by atoms with Gasteiger partial charge in [-0.1, -0.05) is 19.1 Å². The number of methoxy groups -OCH3 is 1. The van der Waals surface area contributed by atoms with Crippen LogP contribution in [-0.2, 0) is 4.79 Å². The Kier molecular flexibility index (Phi) is 4.46. The summed E-state index contributed by atoms with van der Waals surface area (Å²) in [5.74, 6) is 0.0854. The Morgan fingerprint density at radius 2 is 2.00 bits per heavy atom. The summed E-state index contributed by atoms with van der Waals surface area (Å²) in [5, 5.41) is 7.16. The van der Waals surface area contributed by atoms with Crippen LogP contribution in [0.4, 0.5) is 15.8 Å². The fourth-order valence-electron chi connectivity index (χ4n) is 2.61. The van der Waals surface area contributed by atoms with Gasteiger partial charge in [0.15, 0.2) is 0 Å². The van der Waals surface area contributed by atoms with Crippen LogP contribution in [0, 0.1) is 11.7 Å². The van der Waals surface area contributed by atoms with E-state index in [1.807, 2.05) is 31.2 Å². The van der Waals surface area contributed by atoms with E-state index in [1.54, 1.807) is 12.1 Å². The average Bonchev–Trinajstić information content (AvgIpc) is 2.57. The number of ether oxygens (including phenoxy) is 1. The third kappa shape index (κ3) is 3.37. The second-order valence-electron chi connectivity index (χ2n) is 5.69. The Labute approximate surface area is 139 Å². The molecule has 3 rings (SSSR count). The van der Waals surface area contributed by atoms with Crippen molar-refractivity contribution >= 4 is 23.0 Å². The largest absolute Gasteiger partial charge is 0.497 e. The number of hydrazone groups is 1. The van der Waals surface area contributed by atoms with Crippen molar-refractivity contribution in [2.24, 2.45) is 11.0 Å². The van der Waals surface area contributed by atoms with Crippen molar-refractivity contribution in [2.45, 2.75) is 13.3 Å². The molecule has 0 fully saturated rings. The standard InChI is InChI=1S/C18H18FN3O2/c1-11-9-17(23)21-22-18(11)12-3-5-13(6-4-12)20-16-8-7-14(24-2)10-15(16)19/h3-8,10-11,20H,9H2,1-2H3,(H,21,23)/t11-/m1/s1. The molecule has 0 radical (unpaired) electrons. The van der Waals surface area contributed by atoms with Gasteiger partial charge in [0.05, 0.1) is 18.5 Å². The van der Waals surface area contributed by atoms with Gasteiger partial charge in [-0.05, 0) is 29.8 Å². The summed E-state index contributed by atoms with van der Waals surface area (Å²) in [4.78, 5) is 11.3. The van der Waals surface area contributed by atoms with Crippen LogP contribution >= 0.6 is 0 Å². The van der Waals surface area contributed by atoms with E-state index in [-0.39, 0.29) is 17.6 Å². The van der Waals surface area contributed by atoms with E-state index in [4.69, 9.17) is 4.74 Å². The molecule has 2 aromatic rings. The topological polar surface area (TPSA) is 62.7 Å². The number of anilines is 2. The second kappa shape index (κ2) is 6.70. The Morgan fingerprint density at radius 3 is 2.62 bits per heavy atom. The van der Waals surface area contributed by atoms with Crippen molar-refractivity contribution < 1.29 is 13.9 Å². The first-order chi connectivity index (χ1) is 11.6. The van der Waals surface area contributed by atoms with Crippen LogP contribution in [0.2, 0.25) is 0 Å². The van der Waals surface area contributed by atoms with Crippen LogP contribution in [0.15, 0.2) is 47.6 Å². The van der Waals surface area contributed by atoms with E-state index < -0.39 is 0 Å². The average molecular weight is 327 g/mol. The lowest BCUT2D eigenvalue weighted by Gasteiger charge is -2.19. The minimum atomic E-state index is -0.383. The highest BCUT2D eigenvalue weighted by Crippen LogP contribution is 2.25. The molecule has 0 aliphatic carbocycles. The number of nitrogens with one attached hydrogen (secondary N) is 2. The summed E-state index contributed by atoms with van der Waals surface area (Å²) >= 11 is 0. The van der Waals surface area contributed by atoms with Gasteiger partial charge in [-0.2, -0.15) is 5.10 Å².